The maximum absolute atomic E-state index is 11.8. The van der Waals surface area contributed by atoms with E-state index >= 15 is 0 Å². The molecular formula is C16H26N2O2. The molecule has 0 aliphatic heterocycles. The summed E-state index contributed by atoms with van der Waals surface area (Å²) in [5.74, 6) is 1.44. The lowest BCUT2D eigenvalue weighted by atomic mass is 10.0. The maximum atomic E-state index is 11.8. The first-order valence-electron chi connectivity index (χ1n) is 7.29. The van der Waals surface area contributed by atoms with Crippen LogP contribution in [0.3, 0.4) is 0 Å². The van der Waals surface area contributed by atoms with Gasteiger partial charge in [0.15, 0.2) is 0 Å². The van der Waals surface area contributed by atoms with Crippen molar-refractivity contribution in [3.8, 4) is 5.75 Å². The van der Waals surface area contributed by atoms with Gasteiger partial charge in [0.05, 0.1) is 7.11 Å². The van der Waals surface area contributed by atoms with Gasteiger partial charge in [0.2, 0.25) is 5.91 Å². The van der Waals surface area contributed by atoms with E-state index in [4.69, 9.17) is 10.5 Å². The molecule has 0 aromatic heterocycles. The van der Waals surface area contributed by atoms with Gasteiger partial charge < -0.3 is 15.8 Å². The highest BCUT2D eigenvalue weighted by Crippen LogP contribution is 2.12. The van der Waals surface area contributed by atoms with E-state index in [1.54, 1.807) is 7.11 Å². The number of hydrogen-bond acceptors (Lipinski definition) is 3. The Labute approximate surface area is 121 Å². The Morgan fingerprint density at radius 3 is 2.60 bits per heavy atom. The Bertz CT molecular complexity index is 390. The molecule has 0 aliphatic carbocycles. The monoisotopic (exact) mass is 278 g/mol. The number of amides is 1. The third-order valence-electron chi connectivity index (χ3n) is 3.54. The SMILES string of the molecule is CCC(CCN)CNC(=O)CCc1ccc(OC)cc1. The van der Waals surface area contributed by atoms with E-state index in [9.17, 15) is 4.79 Å². The largest absolute Gasteiger partial charge is 0.497 e. The van der Waals surface area contributed by atoms with E-state index in [1.165, 1.54) is 0 Å². The average Bonchev–Trinajstić information content (AvgIpc) is 2.49. The number of nitrogens with one attached hydrogen (secondary N) is 1. The molecule has 1 rings (SSSR count). The lowest BCUT2D eigenvalue weighted by Gasteiger charge is -2.14. The van der Waals surface area contributed by atoms with Gasteiger partial charge in [-0.1, -0.05) is 25.5 Å². The number of benzene rings is 1. The molecule has 0 aliphatic rings. The summed E-state index contributed by atoms with van der Waals surface area (Å²) in [5.41, 5.74) is 6.69. The summed E-state index contributed by atoms with van der Waals surface area (Å²) in [4.78, 5) is 11.8. The molecule has 4 nitrogen and oxygen atoms in total. The number of rotatable bonds is 9. The fraction of sp³-hybridized carbons (Fsp3) is 0.562. The Morgan fingerprint density at radius 2 is 2.05 bits per heavy atom. The van der Waals surface area contributed by atoms with Crippen LogP contribution in [0.4, 0.5) is 0 Å². The molecule has 1 amide bonds. The van der Waals surface area contributed by atoms with E-state index < -0.39 is 0 Å². The van der Waals surface area contributed by atoms with E-state index in [-0.39, 0.29) is 5.91 Å². The lowest BCUT2D eigenvalue weighted by molar-refractivity contribution is -0.121. The second-order valence-electron chi connectivity index (χ2n) is 5.00. The minimum atomic E-state index is 0.108. The summed E-state index contributed by atoms with van der Waals surface area (Å²) in [6, 6.07) is 7.83. The average molecular weight is 278 g/mol. The predicted octanol–water partition coefficient (Wildman–Crippen LogP) is 2.12. The van der Waals surface area contributed by atoms with Crippen LogP contribution in [-0.4, -0.2) is 26.1 Å². The molecule has 0 fully saturated rings. The molecule has 0 radical (unpaired) electrons. The smallest absolute Gasteiger partial charge is 0.220 e. The van der Waals surface area contributed by atoms with Gasteiger partial charge in [0.25, 0.3) is 0 Å². The van der Waals surface area contributed by atoms with Gasteiger partial charge in [-0.15, -0.1) is 0 Å². The van der Waals surface area contributed by atoms with Crippen LogP contribution in [0.1, 0.15) is 31.7 Å². The summed E-state index contributed by atoms with van der Waals surface area (Å²) in [7, 11) is 1.65. The molecule has 3 N–H and O–H groups in total. The predicted molar refractivity (Wildman–Crippen MR) is 81.8 cm³/mol. The van der Waals surface area contributed by atoms with Crippen LogP contribution in [0.15, 0.2) is 24.3 Å². The molecule has 4 heteroatoms. The van der Waals surface area contributed by atoms with Crippen molar-refractivity contribution in [2.45, 2.75) is 32.6 Å². The summed E-state index contributed by atoms with van der Waals surface area (Å²) < 4.78 is 5.11. The molecule has 1 atom stereocenters. The molecule has 1 aromatic rings. The molecule has 0 saturated carbocycles. The summed E-state index contributed by atoms with van der Waals surface area (Å²) in [5, 5.41) is 2.99. The van der Waals surface area contributed by atoms with Gasteiger partial charge in [-0.2, -0.15) is 0 Å². The minimum Gasteiger partial charge on any atom is -0.497 e. The zero-order valence-corrected chi connectivity index (χ0v) is 12.5. The summed E-state index contributed by atoms with van der Waals surface area (Å²) in [6.45, 7) is 3.54. The molecule has 0 heterocycles. The van der Waals surface area contributed by atoms with Gasteiger partial charge in [0, 0.05) is 13.0 Å². The van der Waals surface area contributed by atoms with Crippen molar-refractivity contribution in [3.63, 3.8) is 0 Å². The number of ether oxygens (including phenoxy) is 1. The summed E-state index contributed by atoms with van der Waals surface area (Å²) in [6.07, 6.45) is 3.29. The van der Waals surface area contributed by atoms with Crippen LogP contribution in [0.2, 0.25) is 0 Å². The van der Waals surface area contributed by atoms with Gasteiger partial charge in [-0.3, -0.25) is 4.79 Å². The van der Waals surface area contributed by atoms with Gasteiger partial charge in [0.1, 0.15) is 5.75 Å². The maximum Gasteiger partial charge on any atom is 0.220 e. The highest BCUT2D eigenvalue weighted by atomic mass is 16.5. The van der Waals surface area contributed by atoms with Crippen molar-refractivity contribution in [1.29, 1.82) is 0 Å². The van der Waals surface area contributed by atoms with Crippen molar-refractivity contribution in [3.05, 3.63) is 29.8 Å². The normalized spacial score (nSPS) is 11.9. The van der Waals surface area contributed by atoms with Crippen molar-refractivity contribution >= 4 is 5.91 Å². The molecule has 0 saturated heterocycles. The van der Waals surface area contributed by atoms with E-state index in [0.29, 0.717) is 18.9 Å². The first kappa shape index (κ1) is 16.5. The fourth-order valence-corrected chi connectivity index (χ4v) is 2.08. The van der Waals surface area contributed by atoms with Crippen molar-refractivity contribution < 1.29 is 9.53 Å². The zero-order valence-electron chi connectivity index (χ0n) is 12.5. The number of carbonyl (C=O) groups is 1. The van der Waals surface area contributed by atoms with Crippen LogP contribution in [-0.2, 0) is 11.2 Å². The number of aryl methyl sites for hydroxylation is 1. The third-order valence-corrected chi connectivity index (χ3v) is 3.54. The lowest BCUT2D eigenvalue weighted by Crippen LogP contribution is -2.30. The van der Waals surface area contributed by atoms with Crippen LogP contribution in [0, 0.1) is 5.92 Å². The number of nitrogens with two attached hydrogens (primary N) is 1. The zero-order chi connectivity index (χ0) is 14.8. The Kier molecular flexibility index (Phi) is 7.73. The topological polar surface area (TPSA) is 64.3 Å². The standard InChI is InChI=1S/C16H26N2O2/c1-3-13(10-11-17)12-18-16(19)9-6-14-4-7-15(20-2)8-5-14/h4-5,7-8,13H,3,6,9-12,17H2,1-2H3,(H,18,19). The second kappa shape index (κ2) is 9.37. The Balaban J connectivity index is 2.28. The molecule has 20 heavy (non-hydrogen) atoms. The highest BCUT2D eigenvalue weighted by Gasteiger charge is 2.08. The number of methoxy groups -OCH3 is 1. The summed E-state index contributed by atoms with van der Waals surface area (Å²) >= 11 is 0. The van der Waals surface area contributed by atoms with E-state index in [2.05, 4.69) is 12.2 Å². The number of hydrogen-bond donors (Lipinski definition) is 2. The Morgan fingerprint density at radius 1 is 1.35 bits per heavy atom. The third kappa shape index (κ3) is 6.06. The molecule has 0 bridgehead atoms. The molecule has 1 unspecified atom stereocenters. The molecule has 0 spiro atoms. The van der Waals surface area contributed by atoms with E-state index in [1.807, 2.05) is 24.3 Å². The van der Waals surface area contributed by atoms with Gasteiger partial charge in [-0.05, 0) is 43.0 Å². The van der Waals surface area contributed by atoms with Crippen LogP contribution < -0.4 is 15.8 Å². The molecular weight excluding hydrogens is 252 g/mol. The van der Waals surface area contributed by atoms with Crippen LogP contribution in [0.5, 0.6) is 5.75 Å². The fourth-order valence-electron chi connectivity index (χ4n) is 2.08. The number of carbonyl (C=O) groups excluding carboxylic acids is 1. The van der Waals surface area contributed by atoms with Gasteiger partial charge in [-0.25, -0.2) is 0 Å². The van der Waals surface area contributed by atoms with Crippen LogP contribution in [0.25, 0.3) is 0 Å². The minimum absolute atomic E-state index is 0.108. The van der Waals surface area contributed by atoms with Gasteiger partial charge >= 0.3 is 0 Å². The first-order valence-corrected chi connectivity index (χ1v) is 7.29. The van der Waals surface area contributed by atoms with Crippen molar-refractivity contribution in [2.24, 2.45) is 11.7 Å². The quantitative estimate of drug-likeness (QED) is 0.727. The second-order valence-corrected chi connectivity index (χ2v) is 5.00. The van der Waals surface area contributed by atoms with Crippen LogP contribution >= 0.6 is 0 Å². The first-order chi connectivity index (χ1) is 9.69. The highest BCUT2D eigenvalue weighted by molar-refractivity contribution is 5.76. The molecule has 112 valence electrons. The van der Waals surface area contributed by atoms with Crippen molar-refractivity contribution in [2.75, 3.05) is 20.2 Å². The van der Waals surface area contributed by atoms with Crippen molar-refractivity contribution in [1.82, 2.24) is 5.32 Å². The Hall–Kier alpha value is -1.55. The molecule has 1 aromatic carbocycles. The van der Waals surface area contributed by atoms with E-state index in [0.717, 1.165) is 37.1 Å².